The molecule has 1 aliphatic rings. The van der Waals surface area contributed by atoms with E-state index in [1.54, 1.807) is 0 Å². The van der Waals surface area contributed by atoms with E-state index in [9.17, 15) is 9.59 Å². The van der Waals surface area contributed by atoms with Crippen LogP contribution in [0.15, 0.2) is 36.4 Å². The van der Waals surface area contributed by atoms with E-state index in [-0.39, 0.29) is 12.3 Å². The molecule has 2 rings (SSSR count). The van der Waals surface area contributed by atoms with Crippen LogP contribution in [0.3, 0.4) is 0 Å². The maximum Gasteiger partial charge on any atom is 0.407 e. The molecule has 0 radical (unpaired) electrons. The van der Waals surface area contributed by atoms with Gasteiger partial charge in [0.25, 0.3) is 0 Å². The van der Waals surface area contributed by atoms with Crippen LogP contribution in [0.25, 0.3) is 0 Å². The first kappa shape index (κ1) is 24.1. The summed E-state index contributed by atoms with van der Waals surface area (Å²) in [4.78, 5) is 24.7. The minimum atomic E-state index is -0.889. The number of rotatable bonds is 11. The molecule has 0 bridgehead atoms. The minimum absolute atomic E-state index is 0.0773. The Hall–Kier alpha value is -2.19. The van der Waals surface area contributed by atoms with Gasteiger partial charge in [-0.15, -0.1) is 11.8 Å². The van der Waals surface area contributed by atoms with Crippen LogP contribution >= 0.6 is 11.8 Å². The summed E-state index contributed by atoms with van der Waals surface area (Å²) in [7, 11) is 1.31. The van der Waals surface area contributed by atoms with Crippen molar-refractivity contribution in [3.8, 4) is 5.75 Å². The molecular weight excluding hydrogens is 402 g/mol. The van der Waals surface area contributed by atoms with Crippen LogP contribution in [-0.4, -0.2) is 54.3 Å². The molecule has 3 N–H and O–H groups in total. The molecular formula is C22H33N3O4S. The summed E-state index contributed by atoms with van der Waals surface area (Å²) >= 11 is 1.28. The number of ether oxygens (including phenoxy) is 2. The number of carbonyl (C=O) groups is 2. The summed E-state index contributed by atoms with van der Waals surface area (Å²) in [6, 6.07) is 7.99. The van der Waals surface area contributed by atoms with E-state index in [4.69, 9.17) is 15.2 Å². The van der Waals surface area contributed by atoms with Gasteiger partial charge in [-0.2, -0.15) is 0 Å². The number of alkyl carbamates (subject to hydrolysis) is 1. The molecule has 166 valence electrons. The smallest absolute Gasteiger partial charge is 0.407 e. The number of piperidine rings is 1. The fraction of sp³-hybridized carbons (Fsp3) is 0.545. The quantitative estimate of drug-likeness (QED) is 0.409. The van der Waals surface area contributed by atoms with Gasteiger partial charge in [0.15, 0.2) is 4.93 Å². The van der Waals surface area contributed by atoms with Crippen molar-refractivity contribution in [1.29, 1.82) is 0 Å². The van der Waals surface area contributed by atoms with Gasteiger partial charge >= 0.3 is 6.09 Å². The number of hydrogen-bond donors (Lipinski definition) is 2. The maximum absolute atomic E-state index is 11.7. The number of allylic oxidation sites excluding steroid dienone is 1. The van der Waals surface area contributed by atoms with Gasteiger partial charge in [-0.05, 0) is 50.6 Å². The van der Waals surface area contributed by atoms with Gasteiger partial charge in [0.1, 0.15) is 5.75 Å². The van der Waals surface area contributed by atoms with E-state index in [2.05, 4.69) is 16.3 Å². The van der Waals surface area contributed by atoms with Gasteiger partial charge in [0.05, 0.1) is 19.4 Å². The predicted molar refractivity (Wildman–Crippen MR) is 120 cm³/mol. The molecule has 1 aliphatic heterocycles. The fourth-order valence-corrected chi connectivity index (χ4v) is 4.31. The number of primary amides is 1. The molecule has 1 aromatic carbocycles. The molecule has 1 aromatic rings. The molecule has 0 aliphatic carbocycles. The van der Waals surface area contributed by atoms with Crippen LogP contribution in [0.2, 0.25) is 0 Å². The van der Waals surface area contributed by atoms with E-state index in [1.165, 1.54) is 43.7 Å². The van der Waals surface area contributed by atoms with Crippen molar-refractivity contribution in [3.05, 3.63) is 42.0 Å². The molecule has 0 spiro atoms. The molecule has 1 heterocycles. The lowest BCUT2D eigenvalue weighted by Gasteiger charge is -2.33. The minimum Gasteiger partial charge on any atom is -0.474 e. The summed E-state index contributed by atoms with van der Waals surface area (Å²) in [5.41, 5.74) is 6.56. The molecule has 1 unspecified atom stereocenters. The number of benzene rings is 1. The van der Waals surface area contributed by atoms with Crippen LogP contribution in [0.5, 0.6) is 5.75 Å². The number of amides is 2. The standard InChI is InChI=1S/C22H33N3O4S/c1-3-4-11-22(30-16-20(23)26,17-24-21(27)28-2)29-19-10-8-9-18(14-19)15-25-12-6-5-7-13-25/h3-4,8-10,14H,5-7,11-13,15-17H2,1-2H3,(H2,23,26)(H,24,27). The predicted octanol–water partition coefficient (Wildman–Crippen LogP) is 3.29. The van der Waals surface area contributed by atoms with Crippen molar-refractivity contribution in [3.63, 3.8) is 0 Å². The van der Waals surface area contributed by atoms with Gasteiger partial charge in [-0.3, -0.25) is 9.69 Å². The maximum atomic E-state index is 11.7. The van der Waals surface area contributed by atoms with E-state index < -0.39 is 16.9 Å². The molecule has 1 fully saturated rings. The van der Waals surface area contributed by atoms with Crippen LogP contribution in [0.4, 0.5) is 4.79 Å². The Kier molecular flexibility index (Phi) is 10.0. The van der Waals surface area contributed by atoms with Crippen molar-refractivity contribution in [1.82, 2.24) is 10.2 Å². The number of nitrogens with one attached hydrogen (secondary N) is 1. The number of carbonyl (C=O) groups excluding carboxylic acids is 2. The third-order valence-electron chi connectivity index (χ3n) is 4.89. The Labute approximate surface area is 183 Å². The number of nitrogens with zero attached hydrogens (tertiary/aromatic N) is 1. The topological polar surface area (TPSA) is 93.9 Å². The second-order valence-electron chi connectivity index (χ2n) is 7.37. The fourth-order valence-electron chi connectivity index (χ4n) is 3.37. The van der Waals surface area contributed by atoms with Crippen molar-refractivity contribution in [2.24, 2.45) is 5.73 Å². The van der Waals surface area contributed by atoms with Gasteiger partial charge in [0.2, 0.25) is 5.91 Å². The summed E-state index contributed by atoms with van der Waals surface area (Å²) < 4.78 is 11.1. The van der Waals surface area contributed by atoms with Gasteiger partial charge in [-0.1, -0.05) is 30.7 Å². The molecule has 1 atom stereocenters. The zero-order valence-electron chi connectivity index (χ0n) is 17.9. The highest BCUT2D eigenvalue weighted by Crippen LogP contribution is 2.33. The second kappa shape index (κ2) is 12.5. The van der Waals surface area contributed by atoms with Crippen LogP contribution in [0.1, 0.15) is 38.2 Å². The van der Waals surface area contributed by atoms with Crippen molar-refractivity contribution in [2.45, 2.75) is 44.1 Å². The first-order valence-corrected chi connectivity index (χ1v) is 11.3. The highest BCUT2D eigenvalue weighted by atomic mass is 32.2. The average Bonchev–Trinajstić information content (AvgIpc) is 2.75. The Morgan fingerprint density at radius 1 is 1.30 bits per heavy atom. The van der Waals surface area contributed by atoms with Crippen LogP contribution in [-0.2, 0) is 16.1 Å². The normalized spacial score (nSPS) is 16.7. The Morgan fingerprint density at radius 3 is 2.73 bits per heavy atom. The molecule has 7 nitrogen and oxygen atoms in total. The second-order valence-corrected chi connectivity index (χ2v) is 8.69. The highest BCUT2D eigenvalue weighted by molar-refractivity contribution is 8.01. The SMILES string of the molecule is CC=CCC(CNC(=O)OC)(Oc1cccc(CN2CCCCC2)c1)SCC(N)=O. The summed E-state index contributed by atoms with van der Waals surface area (Å²) in [6.07, 6.45) is 7.58. The zero-order valence-corrected chi connectivity index (χ0v) is 18.7. The largest absolute Gasteiger partial charge is 0.474 e. The lowest BCUT2D eigenvalue weighted by atomic mass is 10.1. The van der Waals surface area contributed by atoms with Crippen LogP contribution < -0.4 is 15.8 Å². The third-order valence-corrected chi connectivity index (χ3v) is 6.24. The van der Waals surface area contributed by atoms with E-state index in [1.807, 2.05) is 37.3 Å². The number of thioether (sulfide) groups is 1. The van der Waals surface area contributed by atoms with E-state index >= 15 is 0 Å². The molecule has 30 heavy (non-hydrogen) atoms. The van der Waals surface area contributed by atoms with Crippen molar-refractivity contribution < 1.29 is 19.1 Å². The van der Waals surface area contributed by atoms with Gasteiger partial charge in [-0.25, -0.2) is 4.79 Å². The molecule has 0 aromatic heterocycles. The number of hydrogen-bond acceptors (Lipinski definition) is 6. The monoisotopic (exact) mass is 435 g/mol. The third kappa shape index (κ3) is 8.28. The van der Waals surface area contributed by atoms with Crippen molar-refractivity contribution in [2.75, 3.05) is 32.5 Å². The van der Waals surface area contributed by atoms with E-state index in [0.29, 0.717) is 12.2 Å². The van der Waals surface area contributed by atoms with Crippen LogP contribution in [0, 0.1) is 0 Å². The number of methoxy groups -OCH3 is 1. The van der Waals surface area contributed by atoms with Gasteiger partial charge in [0, 0.05) is 13.0 Å². The van der Waals surface area contributed by atoms with Gasteiger partial charge < -0.3 is 20.5 Å². The molecule has 8 heteroatoms. The molecule has 0 saturated carbocycles. The number of nitrogens with two attached hydrogens (primary N) is 1. The first-order valence-electron chi connectivity index (χ1n) is 10.3. The Bertz CT molecular complexity index is 722. The summed E-state index contributed by atoms with van der Waals surface area (Å²) in [6.45, 7) is 5.20. The Balaban J connectivity index is 2.19. The summed E-state index contributed by atoms with van der Waals surface area (Å²) in [5, 5.41) is 2.71. The average molecular weight is 436 g/mol. The highest BCUT2D eigenvalue weighted by Gasteiger charge is 2.33. The number of likely N-dealkylation sites (tertiary alicyclic amines) is 1. The lowest BCUT2D eigenvalue weighted by molar-refractivity contribution is -0.115. The first-order chi connectivity index (χ1) is 14.5. The molecule has 1 saturated heterocycles. The van der Waals surface area contributed by atoms with Crippen molar-refractivity contribution >= 4 is 23.8 Å². The molecule has 2 amide bonds. The Morgan fingerprint density at radius 2 is 2.07 bits per heavy atom. The lowest BCUT2D eigenvalue weighted by Crippen LogP contribution is -2.45. The summed E-state index contributed by atoms with van der Waals surface area (Å²) in [5.74, 6) is 0.330. The zero-order chi connectivity index (χ0) is 21.8. The van der Waals surface area contributed by atoms with E-state index in [0.717, 1.165) is 19.6 Å².